The number of nitrogens with two attached hydrogens (primary N) is 2. The van der Waals surface area contributed by atoms with Gasteiger partial charge in [0.1, 0.15) is 5.84 Å². The number of aliphatic imine (C=N–C) groups is 1. The third-order valence-corrected chi connectivity index (χ3v) is 2.57. The second-order valence-electron chi connectivity index (χ2n) is 4.92. The smallest absolute Gasteiger partial charge is 0.146 e. The van der Waals surface area contributed by atoms with Gasteiger partial charge in [-0.3, -0.25) is 0 Å². The second kappa shape index (κ2) is 4.09. The van der Waals surface area contributed by atoms with Gasteiger partial charge < -0.3 is 11.5 Å². The zero-order valence-corrected chi connectivity index (χ0v) is 10.1. The summed E-state index contributed by atoms with van der Waals surface area (Å²) in [5.41, 5.74) is 14.6. The predicted octanol–water partition coefficient (Wildman–Crippen LogP) is 2.30. The molecule has 0 spiro atoms. The fourth-order valence-electron chi connectivity index (χ4n) is 1.71. The number of hydrogen-bond acceptors (Lipinski definition) is 3. The molecule has 0 aliphatic carbocycles. The van der Waals surface area contributed by atoms with Gasteiger partial charge in [-0.25, -0.2) is 4.99 Å². The molecule has 3 heteroatoms. The summed E-state index contributed by atoms with van der Waals surface area (Å²) in [6, 6.07) is 0. The lowest BCUT2D eigenvalue weighted by molar-refractivity contribution is 0.489. The maximum absolute atomic E-state index is 5.80. The normalized spacial score (nSPS) is 18.4. The topological polar surface area (TPSA) is 64.4 Å². The maximum atomic E-state index is 5.80. The van der Waals surface area contributed by atoms with Gasteiger partial charge in [0.15, 0.2) is 0 Å². The van der Waals surface area contributed by atoms with Crippen LogP contribution in [0.5, 0.6) is 0 Å². The summed E-state index contributed by atoms with van der Waals surface area (Å²) >= 11 is 0. The molecule has 1 rings (SSSR count). The molecule has 0 bridgehead atoms. The van der Waals surface area contributed by atoms with E-state index in [0.29, 0.717) is 11.5 Å². The molecule has 1 aliphatic heterocycles. The monoisotopic (exact) mass is 207 g/mol. The first kappa shape index (κ1) is 11.8. The summed E-state index contributed by atoms with van der Waals surface area (Å²) < 4.78 is 0. The molecule has 0 aromatic rings. The number of amidine groups is 1. The zero-order valence-electron chi connectivity index (χ0n) is 10.1. The molecule has 0 amide bonds. The Bertz CT molecular complexity index is 340. The first-order valence-corrected chi connectivity index (χ1v) is 5.39. The van der Waals surface area contributed by atoms with Crippen molar-refractivity contribution in [3.05, 3.63) is 23.0 Å². The lowest BCUT2D eigenvalue weighted by Crippen LogP contribution is -2.22. The Balaban J connectivity index is 3.24. The molecule has 4 N–H and O–H groups in total. The summed E-state index contributed by atoms with van der Waals surface area (Å²) in [5.74, 6) is 0.448. The first-order chi connectivity index (χ1) is 6.86. The van der Waals surface area contributed by atoms with Gasteiger partial charge in [-0.2, -0.15) is 0 Å². The molecule has 84 valence electrons. The van der Waals surface area contributed by atoms with E-state index in [4.69, 9.17) is 11.5 Å². The summed E-state index contributed by atoms with van der Waals surface area (Å²) in [5, 5.41) is 0. The average Bonchev–Trinajstić information content (AvgIpc) is 2.27. The van der Waals surface area contributed by atoms with Crippen molar-refractivity contribution in [3.63, 3.8) is 0 Å². The van der Waals surface area contributed by atoms with Gasteiger partial charge in [-0.15, -0.1) is 0 Å². The Morgan fingerprint density at radius 2 is 1.93 bits per heavy atom. The predicted molar refractivity (Wildman–Crippen MR) is 65.3 cm³/mol. The Morgan fingerprint density at radius 3 is 2.40 bits per heavy atom. The molecule has 0 saturated carbocycles. The van der Waals surface area contributed by atoms with E-state index >= 15 is 0 Å². The van der Waals surface area contributed by atoms with E-state index in [0.717, 1.165) is 18.5 Å². The minimum absolute atomic E-state index is 0.0222. The fourth-order valence-corrected chi connectivity index (χ4v) is 1.71. The van der Waals surface area contributed by atoms with Crippen molar-refractivity contribution in [3.8, 4) is 0 Å². The number of nitrogens with zero attached hydrogens (tertiary/aromatic N) is 1. The van der Waals surface area contributed by atoms with Crippen LogP contribution in [0, 0.1) is 5.41 Å². The van der Waals surface area contributed by atoms with Crippen LogP contribution in [0.1, 0.15) is 40.5 Å². The Hall–Kier alpha value is -1.25. The van der Waals surface area contributed by atoms with Gasteiger partial charge in [0.05, 0.1) is 5.70 Å². The summed E-state index contributed by atoms with van der Waals surface area (Å²) in [6.07, 6.45) is 3.81. The van der Waals surface area contributed by atoms with Crippen molar-refractivity contribution < 1.29 is 0 Å². The Morgan fingerprint density at radius 1 is 1.33 bits per heavy atom. The SMILES string of the molecule is CCC1=C(C(C)(C)C)N=C(N)C(N)=CC1. The highest BCUT2D eigenvalue weighted by Gasteiger charge is 2.22. The minimum atomic E-state index is 0.0222. The molecular formula is C12H21N3. The molecule has 0 saturated heterocycles. The summed E-state index contributed by atoms with van der Waals surface area (Å²) in [6.45, 7) is 8.59. The number of rotatable bonds is 1. The van der Waals surface area contributed by atoms with Crippen LogP contribution in [-0.4, -0.2) is 5.84 Å². The van der Waals surface area contributed by atoms with Gasteiger partial charge in [0, 0.05) is 11.1 Å². The fraction of sp³-hybridized carbons (Fsp3) is 0.583. The van der Waals surface area contributed by atoms with Crippen LogP contribution < -0.4 is 11.5 Å². The third kappa shape index (κ3) is 2.61. The average molecular weight is 207 g/mol. The van der Waals surface area contributed by atoms with Crippen molar-refractivity contribution >= 4 is 5.84 Å². The lowest BCUT2D eigenvalue weighted by Gasteiger charge is -2.22. The zero-order chi connectivity index (χ0) is 11.6. The number of hydrogen-bond donors (Lipinski definition) is 2. The van der Waals surface area contributed by atoms with Crippen molar-refractivity contribution in [2.75, 3.05) is 0 Å². The molecule has 15 heavy (non-hydrogen) atoms. The van der Waals surface area contributed by atoms with Crippen LogP contribution in [0.3, 0.4) is 0 Å². The minimum Gasteiger partial charge on any atom is -0.396 e. The highest BCUT2D eigenvalue weighted by Crippen LogP contribution is 2.33. The molecular weight excluding hydrogens is 186 g/mol. The van der Waals surface area contributed by atoms with E-state index in [-0.39, 0.29) is 5.41 Å². The van der Waals surface area contributed by atoms with Gasteiger partial charge in [-0.05, 0) is 18.4 Å². The van der Waals surface area contributed by atoms with Gasteiger partial charge in [0.2, 0.25) is 0 Å². The van der Waals surface area contributed by atoms with Crippen LogP contribution >= 0.6 is 0 Å². The van der Waals surface area contributed by atoms with E-state index < -0.39 is 0 Å². The van der Waals surface area contributed by atoms with Crippen molar-refractivity contribution in [1.29, 1.82) is 0 Å². The first-order valence-electron chi connectivity index (χ1n) is 5.39. The van der Waals surface area contributed by atoms with Crippen LogP contribution in [0.4, 0.5) is 0 Å². The largest absolute Gasteiger partial charge is 0.396 e. The number of allylic oxidation sites excluding steroid dienone is 3. The molecule has 0 aromatic heterocycles. The van der Waals surface area contributed by atoms with E-state index in [1.807, 2.05) is 6.08 Å². The van der Waals surface area contributed by atoms with Crippen molar-refractivity contribution in [2.45, 2.75) is 40.5 Å². The standard InChI is InChI=1S/C12H21N3/c1-5-8-6-7-9(13)11(14)15-10(8)12(2,3)4/h7H,5-6,13H2,1-4H3,(H2,14,15). The maximum Gasteiger partial charge on any atom is 0.146 e. The Labute approximate surface area is 91.9 Å². The van der Waals surface area contributed by atoms with E-state index in [1.165, 1.54) is 5.57 Å². The van der Waals surface area contributed by atoms with Crippen LogP contribution in [0.2, 0.25) is 0 Å². The van der Waals surface area contributed by atoms with Gasteiger partial charge in [0.25, 0.3) is 0 Å². The summed E-state index contributed by atoms with van der Waals surface area (Å²) in [4.78, 5) is 4.46. The van der Waals surface area contributed by atoms with Crippen molar-refractivity contribution in [1.82, 2.24) is 0 Å². The molecule has 1 aliphatic rings. The lowest BCUT2D eigenvalue weighted by atomic mass is 9.87. The molecule has 0 unspecified atom stereocenters. The van der Waals surface area contributed by atoms with Crippen molar-refractivity contribution in [2.24, 2.45) is 21.9 Å². The van der Waals surface area contributed by atoms with E-state index in [2.05, 4.69) is 32.7 Å². The van der Waals surface area contributed by atoms with Gasteiger partial charge >= 0.3 is 0 Å². The molecule has 0 fully saturated rings. The van der Waals surface area contributed by atoms with Crippen LogP contribution in [0.15, 0.2) is 28.0 Å². The quantitative estimate of drug-likeness (QED) is 0.693. The molecule has 1 heterocycles. The summed E-state index contributed by atoms with van der Waals surface area (Å²) in [7, 11) is 0. The second-order valence-corrected chi connectivity index (χ2v) is 4.92. The third-order valence-electron chi connectivity index (χ3n) is 2.57. The Kier molecular flexibility index (Phi) is 3.22. The van der Waals surface area contributed by atoms with E-state index in [9.17, 15) is 0 Å². The highest BCUT2D eigenvalue weighted by atomic mass is 14.9. The van der Waals surface area contributed by atoms with Crippen LogP contribution in [0.25, 0.3) is 0 Å². The van der Waals surface area contributed by atoms with E-state index in [1.54, 1.807) is 0 Å². The molecule has 0 atom stereocenters. The van der Waals surface area contributed by atoms with Gasteiger partial charge in [-0.1, -0.05) is 33.8 Å². The van der Waals surface area contributed by atoms with Crippen LogP contribution in [-0.2, 0) is 0 Å². The molecule has 3 nitrogen and oxygen atoms in total. The molecule has 0 aromatic carbocycles. The molecule has 0 radical (unpaired) electrons. The highest BCUT2D eigenvalue weighted by molar-refractivity contribution is 5.97.